The monoisotopic (exact) mass is 324 g/mol. The first-order valence-corrected chi connectivity index (χ1v) is 8.45. The van der Waals surface area contributed by atoms with Crippen LogP contribution in [0.1, 0.15) is 5.69 Å². The van der Waals surface area contributed by atoms with Crippen LogP contribution in [0, 0.1) is 5.92 Å². The molecule has 112 valence electrons. The van der Waals surface area contributed by atoms with Gasteiger partial charge in [-0.05, 0) is 18.5 Å². The Balaban J connectivity index is 1.67. The summed E-state index contributed by atoms with van der Waals surface area (Å²) in [6.45, 7) is 1.40. The highest BCUT2D eigenvalue weighted by Crippen LogP contribution is 2.27. The number of carbonyl (C=O) groups is 1. The third kappa shape index (κ3) is 3.16. The summed E-state index contributed by atoms with van der Waals surface area (Å²) < 4.78 is 5.32. The topological polar surface area (TPSA) is 62.7 Å². The summed E-state index contributed by atoms with van der Waals surface area (Å²) in [7, 11) is 1.93. The molecule has 1 saturated heterocycles. The lowest BCUT2D eigenvalue weighted by molar-refractivity contribution is -0.143. The van der Waals surface area contributed by atoms with Gasteiger partial charge in [-0.1, -0.05) is 0 Å². The van der Waals surface area contributed by atoms with E-state index in [1.807, 2.05) is 22.7 Å². The molecule has 0 saturated carbocycles. The molecule has 2 unspecified atom stereocenters. The summed E-state index contributed by atoms with van der Waals surface area (Å²) in [5.41, 5.74) is 2.12. The van der Waals surface area contributed by atoms with Crippen LogP contribution in [0.3, 0.4) is 0 Å². The Kier molecular flexibility index (Phi) is 4.34. The third-order valence-corrected chi connectivity index (χ3v) is 5.29. The smallest absolute Gasteiger partial charge is 0.310 e. The van der Waals surface area contributed by atoms with E-state index in [4.69, 9.17) is 4.74 Å². The molecule has 3 rings (SSSR count). The molecule has 3 heterocycles. The van der Waals surface area contributed by atoms with E-state index in [0.29, 0.717) is 19.8 Å². The first-order chi connectivity index (χ1) is 10.1. The van der Waals surface area contributed by atoms with Gasteiger partial charge in [0, 0.05) is 28.9 Å². The van der Waals surface area contributed by atoms with Crippen molar-refractivity contribution in [2.24, 2.45) is 5.92 Å². The van der Waals surface area contributed by atoms with Crippen LogP contribution < -0.4 is 0 Å². The van der Waals surface area contributed by atoms with E-state index in [1.165, 1.54) is 0 Å². The van der Waals surface area contributed by atoms with Crippen molar-refractivity contribution < 1.29 is 14.6 Å². The fourth-order valence-electron chi connectivity index (χ4n) is 2.48. The Morgan fingerprint density at radius 1 is 1.52 bits per heavy atom. The number of hydrogen-bond donors (Lipinski definition) is 1. The number of ether oxygens (including phenoxy) is 1. The molecule has 2 aromatic rings. The van der Waals surface area contributed by atoms with E-state index < -0.39 is 11.9 Å². The molecule has 2 aromatic heterocycles. The van der Waals surface area contributed by atoms with Crippen LogP contribution in [0.15, 0.2) is 22.2 Å². The molecule has 21 heavy (non-hydrogen) atoms. The van der Waals surface area contributed by atoms with Crippen LogP contribution in [-0.4, -0.2) is 47.3 Å². The maximum Gasteiger partial charge on any atom is 0.310 e. The lowest BCUT2D eigenvalue weighted by atomic mass is 10.0. The average molecular weight is 324 g/mol. The van der Waals surface area contributed by atoms with Crippen LogP contribution >= 0.6 is 22.7 Å². The molecule has 0 spiro atoms. The van der Waals surface area contributed by atoms with Gasteiger partial charge in [-0.15, -0.1) is 11.3 Å². The summed E-state index contributed by atoms with van der Waals surface area (Å²) in [5.74, 6) is -1.24. The summed E-state index contributed by atoms with van der Waals surface area (Å²) >= 11 is 3.28. The fourth-order valence-corrected chi connectivity index (χ4v) is 4.01. The maximum absolute atomic E-state index is 11.2. The van der Waals surface area contributed by atoms with Gasteiger partial charge in [0.15, 0.2) is 0 Å². The number of carboxylic acids is 1. The maximum atomic E-state index is 11.2. The summed E-state index contributed by atoms with van der Waals surface area (Å²) in [6.07, 6.45) is 0. The van der Waals surface area contributed by atoms with Gasteiger partial charge in [-0.3, -0.25) is 9.69 Å². The predicted molar refractivity (Wildman–Crippen MR) is 82.6 cm³/mol. The highest BCUT2D eigenvalue weighted by atomic mass is 32.1. The van der Waals surface area contributed by atoms with Crippen molar-refractivity contribution >= 4 is 28.6 Å². The molecule has 1 N–H and O–H groups in total. The molecule has 5 nitrogen and oxygen atoms in total. The number of hydrogen-bond acceptors (Lipinski definition) is 6. The van der Waals surface area contributed by atoms with Gasteiger partial charge in [0.25, 0.3) is 0 Å². The second-order valence-corrected chi connectivity index (χ2v) is 6.76. The second kappa shape index (κ2) is 6.23. The van der Waals surface area contributed by atoms with Crippen molar-refractivity contribution in [3.05, 3.63) is 27.9 Å². The minimum Gasteiger partial charge on any atom is -0.481 e. The van der Waals surface area contributed by atoms with Crippen LogP contribution in [0.5, 0.6) is 0 Å². The van der Waals surface area contributed by atoms with Gasteiger partial charge >= 0.3 is 5.97 Å². The molecular weight excluding hydrogens is 308 g/mol. The van der Waals surface area contributed by atoms with Crippen molar-refractivity contribution in [2.45, 2.75) is 12.6 Å². The van der Waals surface area contributed by atoms with Crippen molar-refractivity contribution in [1.82, 2.24) is 9.88 Å². The standard InChI is InChI=1S/C14H16N2O3S2/c1-16(12-6-19-5-11(12)14(17)18)4-10-8-21-13(15-10)9-2-3-20-7-9/h2-3,7-8,11-12H,4-6H2,1H3,(H,17,18). The molecule has 1 aliphatic heterocycles. The van der Waals surface area contributed by atoms with Crippen LogP contribution in [0.4, 0.5) is 0 Å². The molecular formula is C14H16N2O3S2. The molecule has 0 radical (unpaired) electrons. The summed E-state index contributed by atoms with van der Waals surface area (Å²) in [4.78, 5) is 17.9. The zero-order chi connectivity index (χ0) is 14.8. The second-order valence-electron chi connectivity index (χ2n) is 5.12. The molecule has 0 aliphatic carbocycles. The number of rotatable bonds is 5. The molecule has 0 aromatic carbocycles. The minimum atomic E-state index is -0.790. The molecule has 1 aliphatic rings. The van der Waals surface area contributed by atoms with E-state index >= 15 is 0 Å². The number of aliphatic carboxylic acids is 1. The average Bonchev–Trinajstić information content (AvgIpc) is 3.19. The lowest BCUT2D eigenvalue weighted by Crippen LogP contribution is -2.40. The van der Waals surface area contributed by atoms with Crippen LogP contribution in [0.25, 0.3) is 10.6 Å². The van der Waals surface area contributed by atoms with Crippen molar-refractivity contribution in [2.75, 3.05) is 20.3 Å². The first kappa shape index (κ1) is 14.6. The SMILES string of the molecule is CN(Cc1csc(-c2ccsc2)n1)C1COCC1C(=O)O. The Hall–Kier alpha value is -1.28. The number of thiophene rings is 1. The van der Waals surface area contributed by atoms with Gasteiger partial charge in [0.1, 0.15) is 5.01 Å². The number of likely N-dealkylation sites (N-methyl/N-ethyl adjacent to an activating group) is 1. The Labute approximate surface area is 130 Å². The molecule has 7 heteroatoms. The van der Waals surface area contributed by atoms with E-state index in [0.717, 1.165) is 16.3 Å². The van der Waals surface area contributed by atoms with Gasteiger partial charge < -0.3 is 9.84 Å². The largest absolute Gasteiger partial charge is 0.481 e. The molecule has 0 bridgehead atoms. The third-order valence-electron chi connectivity index (χ3n) is 3.67. The van der Waals surface area contributed by atoms with Crippen molar-refractivity contribution in [3.8, 4) is 10.6 Å². The highest BCUT2D eigenvalue weighted by molar-refractivity contribution is 7.14. The van der Waals surface area contributed by atoms with E-state index in [9.17, 15) is 9.90 Å². The Bertz CT molecular complexity index is 612. The van der Waals surface area contributed by atoms with Crippen molar-refractivity contribution in [3.63, 3.8) is 0 Å². The summed E-state index contributed by atoms with van der Waals surface area (Å²) in [6, 6.07) is 1.97. The number of thiazole rings is 1. The van der Waals surface area contributed by atoms with E-state index in [2.05, 4.69) is 16.4 Å². The van der Waals surface area contributed by atoms with Gasteiger partial charge in [0.05, 0.1) is 24.8 Å². The van der Waals surface area contributed by atoms with Gasteiger partial charge in [-0.25, -0.2) is 4.98 Å². The lowest BCUT2D eigenvalue weighted by Gasteiger charge is -2.25. The number of aromatic nitrogens is 1. The van der Waals surface area contributed by atoms with E-state index in [-0.39, 0.29) is 6.04 Å². The normalized spacial score (nSPS) is 22.0. The van der Waals surface area contributed by atoms with Crippen LogP contribution in [-0.2, 0) is 16.1 Å². The molecule has 1 fully saturated rings. The first-order valence-electron chi connectivity index (χ1n) is 6.63. The van der Waals surface area contributed by atoms with Gasteiger partial charge in [0.2, 0.25) is 0 Å². The zero-order valence-electron chi connectivity index (χ0n) is 11.6. The quantitative estimate of drug-likeness (QED) is 0.915. The van der Waals surface area contributed by atoms with E-state index in [1.54, 1.807) is 22.7 Å². The van der Waals surface area contributed by atoms with Gasteiger partial charge in [-0.2, -0.15) is 11.3 Å². The predicted octanol–water partition coefficient (Wildman–Crippen LogP) is 2.40. The summed E-state index contributed by atoms with van der Waals surface area (Å²) in [5, 5.41) is 16.4. The number of carboxylic acid groups (broad SMARTS) is 1. The minimum absolute atomic E-state index is 0.0891. The Morgan fingerprint density at radius 2 is 2.38 bits per heavy atom. The number of nitrogens with zero attached hydrogens (tertiary/aromatic N) is 2. The highest BCUT2D eigenvalue weighted by Gasteiger charge is 2.36. The molecule has 0 amide bonds. The molecule has 2 atom stereocenters. The fraction of sp³-hybridized carbons (Fsp3) is 0.429. The Morgan fingerprint density at radius 3 is 3.10 bits per heavy atom. The van der Waals surface area contributed by atoms with Crippen LogP contribution in [0.2, 0.25) is 0 Å². The van der Waals surface area contributed by atoms with Crippen molar-refractivity contribution in [1.29, 1.82) is 0 Å². The zero-order valence-corrected chi connectivity index (χ0v) is 13.2.